The third-order valence-corrected chi connectivity index (χ3v) is 3.75. The van der Waals surface area contributed by atoms with E-state index in [0.29, 0.717) is 19.1 Å². The molecular formula is C16H34IN3O3. The number of guanidine groups is 1. The summed E-state index contributed by atoms with van der Waals surface area (Å²) in [7, 11) is 3.53. The van der Waals surface area contributed by atoms with Crippen LogP contribution in [0.2, 0.25) is 0 Å². The lowest BCUT2D eigenvalue weighted by Gasteiger charge is -2.21. The Bertz CT molecular complexity index is 306. The van der Waals surface area contributed by atoms with Crippen molar-refractivity contribution in [2.45, 2.75) is 26.2 Å². The van der Waals surface area contributed by atoms with E-state index in [4.69, 9.17) is 14.2 Å². The summed E-state index contributed by atoms with van der Waals surface area (Å²) >= 11 is 0. The van der Waals surface area contributed by atoms with Gasteiger partial charge in [-0.15, -0.1) is 24.0 Å². The molecule has 1 saturated heterocycles. The zero-order chi connectivity index (χ0) is 16.0. The van der Waals surface area contributed by atoms with Gasteiger partial charge < -0.3 is 24.4 Å². The number of halogens is 1. The Morgan fingerprint density at radius 1 is 1.22 bits per heavy atom. The van der Waals surface area contributed by atoms with Gasteiger partial charge in [-0.2, -0.15) is 0 Å². The molecule has 1 rings (SSSR count). The van der Waals surface area contributed by atoms with E-state index in [-0.39, 0.29) is 24.0 Å². The van der Waals surface area contributed by atoms with E-state index in [0.717, 1.165) is 58.3 Å². The van der Waals surface area contributed by atoms with E-state index < -0.39 is 0 Å². The Morgan fingerprint density at radius 2 is 2.04 bits per heavy atom. The topological polar surface area (TPSA) is 55.3 Å². The number of likely N-dealkylation sites (tertiary alicyclic amines) is 1. The third-order valence-electron chi connectivity index (χ3n) is 3.75. The molecular weight excluding hydrogens is 409 g/mol. The molecule has 1 aliphatic rings. The molecule has 0 amide bonds. The highest BCUT2D eigenvalue weighted by Crippen LogP contribution is 2.16. The van der Waals surface area contributed by atoms with Crippen LogP contribution in [0.1, 0.15) is 26.2 Å². The number of hydrogen-bond donors (Lipinski definition) is 1. The van der Waals surface area contributed by atoms with Crippen LogP contribution in [0.4, 0.5) is 0 Å². The zero-order valence-corrected chi connectivity index (χ0v) is 17.2. The normalized spacial score (nSPS) is 18.1. The Kier molecular flexibility index (Phi) is 15.3. The first kappa shape index (κ1) is 22.9. The molecule has 1 heterocycles. The van der Waals surface area contributed by atoms with Crippen LogP contribution in [0, 0.1) is 5.92 Å². The van der Waals surface area contributed by atoms with Crippen molar-refractivity contribution in [3.05, 3.63) is 0 Å². The van der Waals surface area contributed by atoms with Crippen LogP contribution in [-0.2, 0) is 14.2 Å². The Hall–Kier alpha value is -0.120. The molecule has 0 radical (unpaired) electrons. The van der Waals surface area contributed by atoms with E-state index >= 15 is 0 Å². The Morgan fingerprint density at radius 3 is 2.74 bits per heavy atom. The largest absolute Gasteiger partial charge is 0.382 e. The molecule has 138 valence electrons. The van der Waals surface area contributed by atoms with Crippen molar-refractivity contribution in [3.63, 3.8) is 0 Å². The molecule has 0 bridgehead atoms. The molecule has 0 aromatic rings. The van der Waals surface area contributed by atoms with E-state index in [2.05, 4.69) is 22.1 Å². The third kappa shape index (κ3) is 10.4. The first-order chi connectivity index (χ1) is 10.8. The standard InChI is InChI=1S/C16H33N3O3.HI/c1-4-5-9-21-10-7-18-16(17-2)19-8-6-15(13-19)14-22-12-11-20-3;/h15H,4-14H2,1-3H3,(H,17,18);1H. The highest BCUT2D eigenvalue weighted by molar-refractivity contribution is 14.0. The molecule has 1 atom stereocenters. The number of unbranched alkanes of at least 4 members (excludes halogenated alkanes) is 1. The number of aliphatic imine (C=N–C) groups is 1. The van der Waals surface area contributed by atoms with Crippen LogP contribution in [0.15, 0.2) is 4.99 Å². The number of ether oxygens (including phenoxy) is 3. The van der Waals surface area contributed by atoms with Crippen LogP contribution in [-0.4, -0.2) is 77.7 Å². The highest BCUT2D eigenvalue weighted by atomic mass is 127. The van der Waals surface area contributed by atoms with Crippen LogP contribution in [0.25, 0.3) is 0 Å². The number of methoxy groups -OCH3 is 1. The lowest BCUT2D eigenvalue weighted by atomic mass is 10.1. The summed E-state index contributed by atoms with van der Waals surface area (Å²) in [6.45, 7) is 8.74. The molecule has 6 nitrogen and oxygen atoms in total. The monoisotopic (exact) mass is 443 g/mol. The predicted molar refractivity (Wildman–Crippen MR) is 105 cm³/mol. The van der Waals surface area contributed by atoms with Crippen molar-refractivity contribution in [3.8, 4) is 0 Å². The molecule has 0 aliphatic carbocycles. The zero-order valence-electron chi connectivity index (χ0n) is 14.9. The molecule has 0 aromatic carbocycles. The molecule has 23 heavy (non-hydrogen) atoms. The maximum Gasteiger partial charge on any atom is 0.193 e. The maximum absolute atomic E-state index is 5.62. The molecule has 0 aromatic heterocycles. The van der Waals surface area contributed by atoms with Crippen LogP contribution >= 0.6 is 24.0 Å². The molecule has 0 spiro atoms. The van der Waals surface area contributed by atoms with Gasteiger partial charge in [0.15, 0.2) is 5.96 Å². The van der Waals surface area contributed by atoms with Gasteiger partial charge in [0.1, 0.15) is 0 Å². The Labute approximate surface area is 158 Å². The quantitative estimate of drug-likeness (QED) is 0.229. The van der Waals surface area contributed by atoms with Gasteiger partial charge in [0.05, 0.1) is 26.4 Å². The number of nitrogens with one attached hydrogen (secondary N) is 1. The van der Waals surface area contributed by atoms with Crippen molar-refractivity contribution < 1.29 is 14.2 Å². The molecule has 1 aliphatic heterocycles. The first-order valence-corrected chi connectivity index (χ1v) is 8.41. The van der Waals surface area contributed by atoms with Crippen LogP contribution < -0.4 is 5.32 Å². The summed E-state index contributed by atoms with van der Waals surface area (Å²) in [5.74, 6) is 1.55. The molecule has 7 heteroatoms. The minimum atomic E-state index is 0. The fourth-order valence-corrected chi connectivity index (χ4v) is 2.47. The molecule has 1 unspecified atom stereocenters. The van der Waals surface area contributed by atoms with Gasteiger partial charge in [-0.25, -0.2) is 0 Å². The summed E-state index contributed by atoms with van der Waals surface area (Å²) in [5, 5.41) is 3.38. The number of nitrogens with zero attached hydrogens (tertiary/aromatic N) is 2. The second-order valence-electron chi connectivity index (χ2n) is 5.61. The van der Waals surface area contributed by atoms with Gasteiger partial charge in [-0.05, 0) is 12.8 Å². The van der Waals surface area contributed by atoms with Gasteiger partial charge in [0, 0.05) is 46.3 Å². The average molecular weight is 443 g/mol. The summed E-state index contributed by atoms with van der Waals surface area (Å²) < 4.78 is 16.2. The van der Waals surface area contributed by atoms with E-state index in [1.54, 1.807) is 7.11 Å². The predicted octanol–water partition coefficient (Wildman–Crippen LogP) is 1.98. The highest BCUT2D eigenvalue weighted by Gasteiger charge is 2.24. The van der Waals surface area contributed by atoms with Gasteiger partial charge in [-0.1, -0.05) is 13.3 Å². The van der Waals surface area contributed by atoms with Crippen molar-refractivity contribution in [1.82, 2.24) is 10.2 Å². The molecule has 1 N–H and O–H groups in total. The van der Waals surface area contributed by atoms with Crippen LogP contribution in [0.3, 0.4) is 0 Å². The SMILES string of the molecule is CCCCOCCNC(=NC)N1CCC(COCCOC)C1.I. The smallest absolute Gasteiger partial charge is 0.193 e. The number of rotatable bonds is 11. The van der Waals surface area contributed by atoms with Gasteiger partial charge >= 0.3 is 0 Å². The van der Waals surface area contributed by atoms with E-state index in [1.807, 2.05) is 7.05 Å². The summed E-state index contributed by atoms with van der Waals surface area (Å²) in [6.07, 6.45) is 3.46. The maximum atomic E-state index is 5.62. The van der Waals surface area contributed by atoms with E-state index in [9.17, 15) is 0 Å². The van der Waals surface area contributed by atoms with Gasteiger partial charge in [0.2, 0.25) is 0 Å². The second kappa shape index (κ2) is 15.4. The lowest BCUT2D eigenvalue weighted by Crippen LogP contribution is -2.41. The lowest BCUT2D eigenvalue weighted by molar-refractivity contribution is 0.0536. The molecule has 0 saturated carbocycles. The Balaban J connectivity index is 0.00000484. The first-order valence-electron chi connectivity index (χ1n) is 8.41. The summed E-state index contributed by atoms with van der Waals surface area (Å²) in [6, 6.07) is 0. The van der Waals surface area contributed by atoms with Gasteiger partial charge in [-0.3, -0.25) is 4.99 Å². The fourth-order valence-electron chi connectivity index (χ4n) is 2.47. The fraction of sp³-hybridized carbons (Fsp3) is 0.938. The van der Waals surface area contributed by atoms with Gasteiger partial charge in [0.25, 0.3) is 0 Å². The average Bonchev–Trinajstić information content (AvgIpc) is 3.00. The minimum Gasteiger partial charge on any atom is -0.382 e. The summed E-state index contributed by atoms with van der Waals surface area (Å²) in [5.41, 5.74) is 0. The van der Waals surface area contributed by atoms with Crippen molar-refractivity contribution in [2.24, 2.45) is 10.9 Å². The van der Waals surface area contributed by atoms with Crippen LogP contribution in [0.5, 0.6) is 0 Å². The van der Waals surface area contributed by atoms with Crippen molar-refractivity contribution in [2.75, 3.05) is 66.8 Å². The van der Waals surface area contributed by atoms with E-state index in [1.165, 1.54) is 6.42 Å². The van der Waals surface area contributed by atoms with Crippen molar-refractivity contribution >= 4 is 29.9 Å². The van der Waals surface area contributed by atoms with Crippen molar-refractivity contribution in [1.29, 1.82) is 0 Å². The summed E-state index contributed by atoms with van der Waals surface area (Å²) in [4.78, 5) is 6.67. The minimum absolute atomic E-state index is 0. The second-order valence-corrected chi connectivity index (χ2v) is 5.61. The molecule has 1 fully saturated rings. The number of hydrogen-bond acceptors (Lipinski definition) is 4.